The minimum atomic E-state index is 0. The molecule has 0 spiro atoms. The van der Waals surface area contributed by atoms with Gasteiger partial charge >= 0.3 is 21.7 Å². The molecular weight excluding hydrogens is 146 g/mol. The predicted octanol–water partition coefficient (Wildman–Crippen LogP) is -4.59. The molecule has 43 valence electrons. The number of hydrogen-bond donors (Lipinski definition) is 0. The molecule has 0 aliphatic heterocycles. The van der Waals surface area contributed by atoms with Crippen molar-refractivity contribution in [2.75, 3.05) is 0 Å². The van der Waals surface area contributed by atoms with Crippen molar-refractivity contribution < 1.29 is 31.1 Å². The summed E-state index contributed by atoms with van der Waals surface area (Å²) in [7, 11) is 0. The van der Waals surface area contributed by atoms with E-state index in [0.29, 0.717) is 0 Å². The fourth-order valence-electron chi connectivity index (χ4n) is 0.321. The van der Waals surface area contributed by atoms with Crippen molar-refractivity contribution in [3.8, 4) is 0 Å². The van der Waals surface area contributed by atoms with E-state index in [2.05, 4.69) is 0 Å². The van der Waals surface area contributed by atoms with Gasteiger partial charge in [-0.05, 0) is 0 Å². The topological polar surface area (TPSA) is 0 Å². The van der Waals surface area contributed by atoms with E-state index >= 15 is 0 Å². The smallest absolute Gasteiger partial charge is 1.00 e. The first-order valence-electron chi connectivity index (χ1n) is 1.67. The van der Waals surface area contributed by atoms with Gasteiger partial charge < -0.3 is 9.41 Å². The van der Waals surface area contributed by atoms with E-state index in [-0.39, 0.29) is 31.1 Å². The van der Waals surface area contributed by atoms with Crippen molar-refractivity contribution in [3.05, 3.63) is 30.3 Å². The molecule has 0 fully saturated rings. The molecule has 0 bridgehead atoms. The average Bonchev–Trinajstić information content (AvgIpc) is 1.76. The van der Waals surface area contributed by atoms with Crippen LogP contribution in [0.1, 0.15) is 0 Å². The van der Waals surface area contributed by atoms with E-state index in [1.165, 1.54) is 0 Å². The van der Waals surface area contributed by atoms with Gasteiger partial charge in [0.1, 0.15) is 0 Å². The Morgan fingerprint density at radius 1 is 0.875 bits per heavy atom. The molecule has 0 atom stereocenters. The summed E-state index contributed by atoms with van der Waals surface area (Å²) >= 11 is 0. The summed E-state index contributed by atoms with van der Waals surface area (Å²) in [5, 5.41) is 0. The summed E-state index contributed by atoms with van der Waals surface area (Å²) in [4.78, 5) is 0. The summed E-state index contributed by atoms with van der Waals surface area (Å²) in [5.41, 5.74) is 0. The SMILES string of the molecule is [F-].[F-].[Ti+3].c1cc[cH-]c1. The Bertz CT molecular complexity index is 66.9. The zero-order valence-corrected chi connectivity index (χ0v) is 5.70. The van der Waals surface area contributed by atoms with Crippen LogP contribution in [0.25, 0.3) is 0 Å². The Labute approximate surface area is 61.9 Å². The first-order chi connectivity index (χ1) is 2.50. The quantitative estimate of drug-likeness (QED) is 0.258. The Morgan fingerprint density at radius 3 is 1.38 bits per heavy atom. The first kappa shape index (κ1) is 15.7. The summed E-state index contributed by atoms with van der Waals surface area (Å²) < 4.78 is 0. The third kappa shape index (κ3) is 5.92. The maximum absolute atomic E-state index is 2.00. The van der Waals surface area contributed by atoms with Gasteiger partial charge in [0, 0.05) is 0 Å². The molecule has 0 N–H and O–H groups in total. The van der Waals surface area contributed by atoms with Crippen molar-refractivity contribution >= 4 is 0 Å². The maximum Gasteiger partial charge on any atom is 3.00 e. The Balaban J connectivity index is -0.0000000833. The van der Waals surface area contributed by atoms with Crippen LogP contribution in [-0.4, -0.2) is 0 Å². The Hall–Kier alpha value is -0.0757. The van der Waals surface area contributed by atoms with Crippen molar-refractivity contribution in [3.63, 3.8) is 0 Å². The first-order valence-corrected chi connectivity index (χ1v) is 1.67. The van der Waals surface area contributed by atoms with Crippen LogP contribution in [0.15, 0.2) is 30.3 Å². The minimum Gasteiger partial charge on any atom is -1.00 e. The normalized spacial score (nSPS) is 5.00. The summed E-state index contributed by atoms with van der Waals surface area (Å²) in [6, 6.07) is 10.0. The van der Waals surface area contributed by atoms with E-state index in [0.717, 1.165) is 0 Å². The zero-order chi connectivity index (χ0) is 3.54. The fraction of sp³-hybridized carbons (Fsp3) is 0. The van der Waals surface area contributed by atoms with Crippen LogP contribution in [0.3, 0.4) is 0 Å². The van der Waals surface area contributed by atoms with Gasteiger partial charge in [0.2, 0.25) is 0 Å². The van der Waals surface area contributed by atoms with Crippen LogP contribution in [0.5, 0.6) is 0 Å². The standard InChI is InChI=1S/C5H5.2FH.Ti/c1-2-4-5-3-1;;;/h1-5H;2*1H;/q-1;;;+3/p-2. The summed E-state index contributed by atoms with van der Waals surface area (Å²) in [5.74, 6) is 0. The van der Waals surface area contributed by atoms with Crippen LogP contribution in [-0.2, 0) is 21.7 Å². The van der Waals surface area contributed by atoms with E-state index in [1.807, 2.05) is 30.3 Å². The van der Waals surface area contributed by atoms with E-state index in [1.54, 1.807) is 0 Å². The largest absolute Gasteiger partial charge is 3.00 e. The van der Waals surface area contributed by atoms with Gasteiger partial charge in [0.15, 0.2) is 0 Å². The van der Waals surface area contributed by atoms with E-state index in [9.17, 15) is 0 Å². The van der Waals surface area contributed by atoms with Gasteiger partial charge in [0.25, 0.3) is 0 Å². The molecule has 8 heavy (non-hydrogen) atoms. The van der Waals surface area contributed by atoms with Gasteiger partial charge in [-0.25, -0.2) is 12.1 Å². The Kier molecular flexibility index (Phi) is 19.6. The molecule has 0 amide bonds. The Morgan fingerprint density at radius 2 is 1.25 bits per heavy atom. The van der Waals surface area contributed by atoms with Crippen molar-refractivity contribution in [1.82, 2.24) is 0 Å². The predicted molar refractivity (Wildman–Crippen MR) is 22.0 cm³/mol. The van der Waals surface area contributed by atoms with Gasteiger partial charge in [-0.1, -0.05) is 0 Å². The second-order valence-corrected chi connectivity index (χ2v) is 0.962. The molecule has 0 aliphatic rings. The minimum absolute atomic E-state index is 0. The third-order valence-corrected chi connectivity index (χ3v) is 0.556. The van der Waals surface area contributed by atoms with Gasteiger partial charge in [0.05, 0.1) is 0 Å². The van der Waals surface area contributed by atoms with Crippen LogP contribution in [0.2, 0.25) is 0 Å². The zero-order valence-electron chi connectivity index (χ0n) is 4.14. The van der Waals surface area contributed by atoms with Crippen molar-refractivity contribution in [2.45, 2.75) is 0 Å². The second-order valence-electron chi connectivity index (χ2n) is 0.962. The molecule has 1 radical (unpaired) electrons. The number of rotatable bonds is 0. The van der Waals surface area contributed by atoms with Crippen LogP contribution < -0.4 is 9.41 Å². The molecule has 0 aromatic heterocycles. The van der Waals surface area contributed by atoms with Crippen LogP contribution in [0, 0.1) is 0 Å². The maximum atomic E-state index is 2.00. The molecular formula is C5H5F2Ti. The molecule has 1 aromatic rings. The molecule has 0 saturated heterocycles. The summed E-state index contributed by atoms with van der Waals surface area (Å²) in [6.45, 7) is 0. The number of halogens is 2. The van der Waals surface area contributed by atoms with Crippen molar-refractivity contribution in [1.29, 1.82) is 0 Å². The molecule has 0 nitrogen and oxygen atoms in total. The molecule has 0 aliphatic carbocycles. The van der Waals surface area contributed by atoms with Gasteiger partial charge in [-0.15, -0.1) is 0 Å². The van der Waals surface area contributed by atoms with Crippen LogP contribution in [0.4, 0.5) is 0 Å². The summed E-state index contributed by atoms with van der Waals surface area (Å²) in [6.07, 6.45) is 0. The van der Waals surface area contributed by atoms with Gasteiger partial charge in [-0.3, -0.25) is 0 Å². The molecule has 1 rings (SSSR count). The van der Waals surface area contributed by atoms with Crippen molar-refractivity contribution in [2.24, 2.45) is 0 Å². The molecule has 0 heterocycles. The molecule has 3 heteroatoms. The number of hydrogen-bond acceptors (Lipinski definition) is 0. The second kappa shape index (κ2) is 10.0. The third-order valence-electron chi connectivity index (χ3n) is 0.556. The molecule has 0 unspecified atom stereocenters. The average molecular weight is 151 g/mol. The van der Waals surface area contributed by atoms with E-state index < -0.39 is 0 Å². The fourth-order valence-corrected chi connectivity index (χ4v) is 0.321. The molecule has 0 saturated carbocycles. The van der Waals surface area contributed by atoms with E-state index in [4.69, 9.17) is 0 Å². The molecule has 1 aromatic carbocycles. The van der Waals surface area contributed by atoms with Gasteiger partial charge in [-0.2, -0.15) is 18.2 Å². The van der Waals surface area contributed by atoms with Crippen LogP contribution >= 0.6 is 0 Å². The monoisotopic (exact) mass is 151 g/mol.